The normalized spacial score (nSPS) is 11.6. The number of carbonyl (C=O) groups excluding carboxylic acids is 2. The highest BCUT2D eigenvalue weighted by atomic mass is 35.5. The summed E-state index contributed by atoms with van der Waals surface area (Å²) in [7, 11) is -7.33. The lowest BCUT2D eigenvalue weighted by molar-refractivity contribution is -0.131. The van der Waals surface area contributed by atoms with Gasteiger partial charge in [-0.25, -0.2) is 16.8 Å². The highest BCUT2D eigenvalue weighted by Gasteiger charge is 2.25. The third-order valence-corrected chi connectivity index (χ3v) is 12.8. The molecule has 0 saturated carbocycles. The van der Waals surface area contributed by atoms with Crippen molar-refractivity contribution < 1.29 is 48.4 Å². The maximum absolute atomic E-state index is 12.6. The van der Waals surface area contributed by atoms with Crippen LogP contribution in [-0.4, -0.2) is 73.2 Å². The number of pyridine rings is 2. The molecule has 5 aromatic rings. The Morgan fingerprint density at radius 2 is 1.22 bits per heavy atom. The van der Waals surface area contributed by atoms with Gasteiger partial charge in [0.05, 0.1) is 79.6 Å². The number of nitrogens with one attached hydrogen (secondary N) is 1. The third kappa shape index (κ3) is 12.7. The summed E-state index contributed by atoms with van der Waals surface area (Å²) in [5.41, 5.74) is 1.77. The molecule has 0 saturated heterocycles. The van der Waals surface area contributed by atoms with E-state index in [2.05, 4.69) is 20.2 Å². The summed E-state index contributed by atoms with van der Waals surface area (Å²) in [6.07, 6.45) is -3.57. The second-order valence-electron chi connectivity index (χ2n) is 11.8. The molecular formula is C35H31Cl4F4N7O7S2. The minimum Gasteiger partial charge on any atom is -0.415 e. The lowest BCUT2D eigenvalue weighted by Gasteiger charge is -2.24. The number of aromatic nitrogens is 4. The van der Waals surface area contributed by atoms with Crippen molar-refractivity contribution >= 4 is 89.5 Å². The molecule has 0 fully saturated rings. The van der Waals surface area contributed by atoms with E-state index in [-0.39, 0.29) is 51.1 Å². The maximum Gasteiger partial charge on any atom is 0.315 e. The number of nitrogens with zero attached hydrogens (tertiary/aromatic N) is 6. The molecule has 0 radical (unpaired) electrons. The molecule has 0 spiro atoms. The molecule has 316 valence electrons. The summed E-state index contributed by atoms with van der Waals surface area (Å²) < 4.78 is 107. The molecule has 0 aliphatic carbocycles. The minimum absolute atomic E-state index is 0.0689. The summed E-state index contributed by atoms with van der Waals surface area (Å²) >= 11 is 23.8. The van der Waals surface area contributed by atoms with E-state index in [0.717, 1.165) is 4.31 Å². The summed E-state index contributed by atoms with van der Waals surface area (Å²) in [5, 5.41) is 9.59. The highest BCUT2D eigenvalue weighted by Crippen LogP contribution is 2.31. The van der Waals surface area contributed by atoms with Crippen LogP contribution in [0.2, 0.25) is 20.1 Å². The number of amides is 1. The number of hydrogen-bond acceptors (Lipinski definition) is 11. The Kier molecular flexibility index (Phi) is 16.4. The van der Waals surface area contributed by atoms with Crippen molar-refractivity contribution in [3.8, 4) is 11.5 Å². The molecule has 1 amide bonds. The van der Waals surface area contributed by atoms with E-state index in [1.807, 2.05) is 5.32 Å². The van der Waals surface area contributed by atoms with Gasteiger partial charge in [-0.15, -0.1) is 10.2 Å². The molecule has 0 atom stereocenters. The van der Waals surface area contributed by atoms with Crippen molar-refractivity contribution in [3.05, 3.63) is 116 Å². The van der Waals surface area contributed by atoms with Gasteiger partial charge < -0.3 is 9.73 Å². The number of carbonyl (C=O) groups is 2. The van der Waals surface area contributed by atoms with Crippen LogP contribution in [0.1, 0.15) is 47.9 Å². The van der Waals surface area contributed by atoms with Gasteiger partial charge >= 0.3 is 12.9 Å². The topological polar surface area (TPSA) is 186 Å². The Labute approximate surface area is 355 Å². The summed E-state index contributed by atoms with van der Waals surface area (Å²) in [4.78, 5) is 31.1. The van der Waals surface area contributed by atoms with E-state index >= 15 is 0 Å². The fourth-order valence-electron chi connectivity index (χ4n) is 4.70. The quantitative estimate of drug-likeness (QED) is 0.0746. The molecule has 0 bridgehead atoms. The lowest BCUT2D eigenvalue weighted by Crippen LogP contribution is -2.34. The molecule has 5 rings (SSSR count). The average Bonchev–Trinajstić information content (AvgIpc) is 3.72. The van der Waals surface area contributed by atoms with Crippen molar-refractivity contribution in [1.82, 2.24) is 25.5 Å². The van der Waals surface area contributed by atoms with E-state index in [1.165, 1.54) is 85.1 Å². The smallest absolute Gasteiger partial charge is 0.315 e. The largest absolute Gasteiger partial charge is 0.415 e. The first-order chi connectivity index (χ1) is 27.8. The van der Waals surface area contributed by atoms with Gasteiger partial charge in [0.1, 0.15) is 0 Å². The van der Waals surface area contributed by atoms with Crippen LogP contribution in [-0.2, 0) is 37.9 Å². The van der Waals surface area contributed by atoms with Crippen LogP contribution >= 0.6 is 46.4 Å². The zero-order chi connectivity index (χ0) is 43.7. The number of ketones is 1. The zero-order valence-electron chi connectivity index (χ0n) is 30.5. The minimum atomic E-state index is -3.69. The first-order valence-electron chi connectivity index (χ1n) is 16.8. The summed E-state index contributed by atoms with van der Waals surface area (Å²) in [6.45, 7) is 2.20. The molecule has 59 heavy (non-hydrogen) atoms. The number of rotatable bonds is 16. The number of sulfonamides is 2. The first-order valence-corrected chi connectivity index (χ1v) is 21.5. The maximum atomic E-state index is 12.6. The number of hydrogen-bond donors (Lipinski definition) is 1. The molecule has 1 N–H and O–H groups in total. The predicted molar refractivity (Wildman–Crippen MR) is 214 cm³/mol. The van der Waals surface area contributed by atoms with Gasteiger partial charge in [-0.3, -0.25) is 28.2 Å². The van der Waals surface area contributed by atoms with Gasteiger partial charge in [0, 0.05) is 18.0 Å². The van der Waals surface area contributed by atoms with Crippen LogP contribution in [0.4, 0.5) is 28.9 Å². The van der Waals surface area contributed by atoms with E-state index in [9.17, 15) is 44.0 Å². The zero-order valence-corrected chi connectivity index (χ0v) is 35.2. The van der Waals surface area contributed by atoms with Gasteiger partial charge in [-0.2, -0.15) is 17.6 Å². The molecule has 3 heterocycles. The van der Waals surface area contributed by atoms with E-state index < -0.39 is 57.0 Å². The van der Waals surface area contributed by atoms with Crippen molar-refractivity contribution in [3.63, 3.8) is 0 Å². The molecule has 0 aliphatic rings. The van der Waals surface area contributed by atoms with Crippen LogP contribution in [0.25, 0.3) is 11.5 Å². The monoisotopic (exact) mass is 941 g/mol. The van der Waals surface area contributed by atoms with Crippen LogP contribution in [0.15, 0.2) is 77.5 Å². The van der Waals surface area contributed by atoms with Crippen molar-refractivity contribution in [2.24, 2.45) is 0 Å². The van der Waals surface area contributed by atoms with Crippen molar-refractivity contribution in [1.29, 1.82) is 0 Å². The Morgan fingerprint density at radius 1 is 0.712 bits per heavy atom. The molecule has 24 heteroatoms. The molecule has 3 aromatic heterocycles. The predicted octanol–water partition coefficient (Wildman–Crippen LogP) is 8.04. The number of anilines is 2. The second-order valence-corrected chi connectivity index (χ2v) is 17.8. The SMILES string of the molecule is CCS(=O)(=O)N(Cc1ccc(-c2nnc(C(F)F)o2)cn1)c1ccc(Cl)c(Cl)c1.CCS(=O)(=O)N(Cc1ccc(C(=O)CNC(=O)C(F)F)cn1)c1ccc(Cl)c(Cl)c1. The number of alkyl halides is 4. The Morgan fingerprint density at radius 3 is 1.61 bits per heavy atom. The number of benzene rings is 2. The molecular weight excluding hydrogens is 912 g/mol. The standard InChI is InChI=1S/C18H17Cl2F2N3O4S.C17H14Cl2F2N4O3S/c1-2-30(28,29)25(13-5-6-14(19)15(20)7-13)10-12-4-3-11(8-23-12)16(26)9-24-18(27)17(21)22;1-2-29(26,27)25(12-5-6-13(18)14(19)7-12)9-11-4-3-10(8-22-11)16-23-24-17(28-16)15(20)21/h3-8,17H,2,9-10H2,1H3,(H,24,27);3-8,15H,2,9H2,1H3. The highest BCUT2D eigenvalue weighted by molar-refractivity contribution is 7.93. The third-order valence-electron chi connectivity index (χ3n) is 7.86. The number of halogens is 8. The van der Waals surface area contributed by atoms with E-state index in [4.69, 9.17) is 50.8 Å². The van der Waals surface area contributed by atoms with Crippen molar-refractivity contribution in [2.45, 2.75) is 39.8 Å². The van der Waals surface area contributed by atoms with Crippen LogP contribution < -0.4 is 13.9 Å². The summed E-state index contributed by atoms with van der Waals surface area (Å²) in [6, 6.07) is 14.8. The van der Waals surface area contributed by atoms with Gasteiger partial charge in [-0.1, -0.05) is 46.4 Å². The van der Waals surface area contributed by atoms with Crippen LogP contribution in [0.5, 0.6) is 0 Å². The molecule has 0 unspecified atom stereocenters. The fraction of sp³-hybridized carbons (Fsp3) is 0.257. The first kappa shape index (κ1) is 47.1. The summed E-state index contributed by atoms with van der Waals surface area (Å²) in [5.74, 6) is -3.37. The fourth-order valence-corrected chi connectivity index (χ4v) is 7.44. The van der Waals surface area contributed by atoms with E-state index in [1.54, 1.807) is 6.07 Å². The van der Waals surface area contributed by atoms with Crippen molar-refractivity contribution in [2.75, 3.05) is 26.7 Å². The van der Waals surface area contributed by atoms with Crippen LogP contribution in [0.3, 0.4) is 0 Å². The molecule has 14 nitrogen and oxygen atoms in total. The Hall–Kier alpha value is -4.60. The molecule has 0 aliphatic heterocycles. The number of Topliss-reactive ketones (excluding diaryl/α,β-unsaturated/α-hetero) is 1. The van der Waals surface area contributed by atoms with Gasteiger partial charge in [0.25, 0.3) is 11.8 Å². The van der Waals surface area contributed by atoms with Gasteiger partial charge in [-0.05, 0) is 74.5 Å². The van der Waals surface area contributed by atoms with Crippen LogP contribution in [0, 0.1) is 0 Å². The average molecular weight is 944 g/mol. The van der Waals surface area contributed by atoms with Gasteiger partial charge in [0.15, 0.2) is 5.78 Å². The van der Waals surface area contributed by atoms with Gasteiger partial charge in [0.2, 0.25) is 25.9 Å². The lowest BCUT2D eigenvalue weighted by atomic mass is 10.1. The Bertz CT molecular complexity index is 2490. The second kappa shape index (κ2) is 20.6. The molecule has 2 aromatic carbocycles. The Balaban J connectivity index is 0.000000261. The van der Waals surface area contributed by atoms with E-state index in [0.29, 0.717) is 33.3 Å².